The molecule has 0 spiro atoms. The number of allylic oxidation sites excluding steroid dienone is 1. The number of aryl methyl sites for hydroxylation is 1. The standard InChI is InChI=1S/C20H22N4O2S2/c1-5-9-24-19(17-11-27-14(3)13(17)2)22-23-20(24)28-12-18(25)21-15-7-6-8-16(10-15)26-4/h5-8,10-11H,1,9,12H2,2-4H3,(H,21,25). The van der Waals surface area contributed by atoms with Crippen LogP contribution in [-0.4, -0.2) is 33.5 Å². The number of rotatable bonds is 8. The molecule has 0 aliphatic carbocycles. The highest BCUT2D eigenvalue weighted by molar-refractivity contribution is 7.99. The molecule has 0 radical (unpaired) electrons. The lowest BCUT2D eigenvalue weighted by atomic mass is 10.1. The number of methoxy groups -OCH3 is 1. The number of carbonyl (C=O) groups is 1. The molecule has 6 nitrogen and oxygen atoms in total. The van der Waals surface area contributed by atoms with Gasteiger partial charge in [-0.2, -0.15) is 0 Å². The van der Waals surface area contributed by atoms with Crippen LogP contribution >= 0.6 is 23.1 Å². The zero-order valence-corrected chi connectivity index (χ0v) is 17.7. The van der Waals surface area contributed by atoms with E-state index in [0.717, 1.165) is 11.4 Å². The Morgan fingerprint density at radius 3 is 2.89 bits per heavy atom. The van der Waals surface area contributed by atoms with Crippen molar-refractivity contribution >= 4 is 34.7 Å². The first-order chi connectivity index (χ1) is 13.5. The molecule has 0 bridgehead atoms. The van der Waals surface area contributed by atoms with Crippen LogP contribution in [0.4, 0.5) is 5.69 Å². The Kier molecular flexibility index (Phi) is 6.53. The van der Waals surface area contributed by atoms with E-state index in [1.54, 1.807) is 24.5 Å². The number of anilines is 1. The molecule has 2 aromatic heterocycles. The average molecular weight is 415 g/mol. The Hall–Kier alpha value is -2.58. The highest BCUT2D eigenvalue weighted by Gasteiger charge is 2.18. The quantitative estimate of drug-likeness (QED) is 0.433. The van der Waals surface area contributed by atoms with Crippen molar-refractivity contribution in [2.45, 2.75) is 25.5 Å². The summed E-state index contributed by atoms with van der Waals surface area (Å²) in [4.78, 5) is 13.6. The third-order valence-electron chi connectivity index (χ3n) is 4.24. The number of thioether (sulfide) groups is 1. The molecule has 0 aliphatic rings. The maximum Gasteiger partial charge on any atom is 0.234 e. The maximum absolute atomic E-state index is 12.3. The van der Waals surface area contributed by atoms with E-state index < -0.39 is 0 Å². The second-order valence-electron chi connectivity index (χ2n) is 6.10. The summed E-state index contributed by atoms with van der Waals surface area (Å²) >= 11 is 3.05. The number of hydrogen-bond acceptors (Lipinski definition) is 6. The molecular weight excluding hydrogens is 392 g/mol. The van der Waals surface area contributed by atoms with Crippen LogP contribution in [0.3, 0.4) is 0 Å². The number of aromatic nitrogens is 3. The number of ether oxygens (including phenoxy) is 1. The van der Waals surface area contributed by atoms with Crippen molar-refractivity contribution in [2.75, 3.05) is 18.2 Å². The monoisotopic (exact) mass is 414 g/mol. The third kappa shape index (κ3) is 4.45. The van der Waals surface area contributed by atoms with Gasteiger partial charge in [0.15, 0.2) is 11.0 Å². The zero-order chi connectivity index (χ0) is 20.1. The first kappa shape index (κ1) is 20.2. The molecule has 3 aromatic rings. The third-order valence-corrected chi connectivity index (χ3v) is 6.22. The second-order valence-corrected chi connectivity index (χ2v) is 8.13. The van der Waals surface area contributed by atoms with E-state index in [0.29, 0.717) is 23.1 Å². The first-order valence-corrected chi connectivity index (χ1v) is 10.6. The molecule has 0 atom stereocenters. The molecule has 0 fully saturated rings. The lowest BCUT2D eigenvalue weighted by Crippen LogP contribution is -2.14. The molecule has 8 heteroatoms. The van der Waals surface area contributed by atoms with Crippen molar-refractivity contribution in [3.05, 3.63) is 52.7 Å². The fourth-order valence-corrected chi connectivity index (χ4v) is 4.26. The van der Waals surface area contributed by atoms with Crippen molar-refractivity contribution in [1.29, 1.82) is 0 Å². The molecule has 0 aliphatic heterocycles. The molecule has 0 saturated carbocycles. The van der Waals surface area contributed by atoms with Gasteiger partial charge in [-0.3, -0.25) is 9.36 Å². The number of thiophene rings is 1. The molecule has 1 N–H and O–H groups in total. The van der Waals surface area contributed by atoms with E-state index in [9.17, 15) is 4.79 Å². The molecular formula is C20H22N4O2S2. The molecule has 146 valence electrons. The number of amides is 1. The van der Waals surface area contributed by atoms with Gasteiger partial charge in [-0.1, -0.05) is 23.9 Å². The van der Waals surface area contributed by atoms with E-state index in [-0.39, 0.29) is 11.7 Å². The Balaban J connectivity index is 1.72. The van der Waals surface area contributed by atoms with Gasteiger partial charge in [0, 0.05) is 34.1 Å². The number of hydrogen-bond donors (Lipinski definition) is 1. The SMILES string of the molecule is C=CCn1c(SCC(=O)Nc2cccc(OC)c2)nnc1-c1csc(C)c1C. The van der Waals surface area contributed by atoms with Gasteiger partial charge in [-0.05, 0) is 31.5 Å². The van der Waals surface area contributed by atoms with Crippen LogP contribution in [0.5, 0.6) is 5.75 Å². The predicted molar refractivity (Wildman–Crippen MR) is 115 cm³/mol. The molecule has 1 amide bonds. The fourth-order valence-electron chi connectivity index (χ4n) is 2.65. The minimum atomic E-state index is -0.115. The Bertz CT molecular complexity index is 994. The van der Waals surface area contributed by atoms with E-state index in [2.05, 4.69) is 41.3 Å². The molecule has 2 heterocycles. The number of carbonyl (C=O) groups excluding carboxylic acids is 1. The van der Waals surface area contributed by atoms with Gasteiger partial charge in [0.1, 0.15) is 5.75 Å². The van der Waals surface area contributed by atoms with Gasteiger partial charge in [0.25, 0.3) is 0 Å². The minimum Gasteiger partial charge on any atom is -0.497 e. The molecule has 0 saturated heterocycles. The summed E-state index contributed by atoms with van der Waals surface area (Å²) in [5, 5.41) is 14.3. The van der Waals surface area contributed by atoms with Gasteiger partial charge >= 0.3 is 0 Å². The van der Waals surface area contributed by atoms with Crippen LogP contribution in [0.2, 0.25) is 0 Å². The maximum atomic E-state index is 12.3. The van der Waals surface area contributed by atoms with Crippen molar-refractivity contribution in [3.63, 3.8) is 0 Å². The number of nitrogens with one attached hydrogen (secondary N) is 1. The summed E-state index contributed by atoms with van der Waals surface area (Å²) in [6.07, 6.45) is 1.81. The van der Waals surface area contributed by atoms with Crippen LogP contribution < -0.4 is 10.1 Å². The van der Waals surface area contributed by atoms with Crippen molar-refractivity contribution in [1.82, 2.24) is 14.8 Å². The lowest BCUT2D eigenvalue weighted by molar-refractivity contribution is -0.113. The summed E-state index contributed by atoms with van der Waals surface area (Å²) in [6, 6.07) is 7.27. The van der Waals surface area contributed by atoms with Crippen molar-refractivity contribution in [2.24, 2.45) is 0 Å². The van der Waals surface area contributed by atoms with E-state index >= 15 is 0 Å². The lowest BCUT2D eigenvalue weighted by Gasteiger charge is -2.09. The fraction of sp³-hybridized carbons (Fsp3) is 0.250. The first-order valence-electron chi connectivity index (χ1n) is 8.69. The number of nitrogens with zero attached hydrogens (tertiary/aromatic N) is 3. The Labute approximate surface area is 172 Å². The highest BCUT2D eigenvalue weighted by Crippen LogP contribution is 2.31. The Morgan fingerprint density at radius 2 is 2.21 bits per heavy atom. The van der Waals surface area contributed by atoms with E-state index in [1.807, 2.05) is 28.8 Å². The second kappa shape index (κ2) is 9.07. The van der Waals surface area contributed by atoms with Gasteiger partial charge in [0.05, 0.1) is 12.9 Å². The summed E-state index contributed by atoms with van der Waals surface area (Å²) < 4.78 is 7.17. The topological polar surface area (TPSA) is 69.0 Å². The molecule has 0 unspecified atom stereocenters. The number of benzene rings is 1. The molecule has 28 heavy (non-hydrogen) atoms. The van der Waals surface area contributed by atoms with Crippen LogP contribution in [0.25, 0.3) is 11.4 Å². The van der Waals surface area contributed by atoms with Gasteiger partial charge < -0.3 is 10.1 Å². The zero-order valence-electron chi connectivity index (χ0n) is 16.1. The van der Waals surface area contributed by atoms with Crippen LogP contribution in [-0.2, 0) is 11.3 Å². The normalized spacial score (nSPS) is 10.7. The minimum absolute atomic E-state index is 0.115. The molecule has 3 rings (SSSR count). The summed E-state index contributed by atoms with van der Waals surface area (Å²) in [5.41, 5.74) is 2.97. The van der Waals surface area contributed by atoms with Gasteiger partial charge in [-0.15, -0.1) is 28.1 Å². The molecule has 1 aromatic carbocycles. The van der Waals surface area contributed by atoms with Crippen LogP contribution in [0.15, 0.2) is 47.5 Å². The average Bonchev–Trinajstić information content (AvgIpc) is 3.24. The highest BCUT2D eigenvalue weighted by atomic mass is 32.2. The van der Waals surface area contributed by atoms with Gasteiger partial charge in [-0.25, -0.2) is 0 Å². The largest absolute Gasteiger partial charge is 0.497 e. The van der Waals surface area contributed by atoms with E-state index in [1.165, 1.54) is 22.2 Å². The summed E-state index contributed by atoms with van der Waals surface area (Å²) in [6.45, 7) is 8.59. The van der Waals surface area contributed by atoms with Crippen molar-refractivity contribution in [3.8, 4) is 17.1 Å². The van der Waals surface area contributed by atoms with Crippen molar-refractivity contribution < 1.29 is 9.53 Å². The summed E-state index contributed by atoms with van der Waals surface area (Å²) in [7, 11) is 1.59. The Morgan fingerprint density at radius 1 is 1.39 bits per heavy atom. The van der Waals surface area contributed by atoms with Gasteiger partial charge in [0.2, 0.25) is 5.91 Å². The predicted octanol–water partition coefficient (Wildman–Crippen LogP) is 4.55. The smallest absolute Gasteiger partial charge is 0.234 e. The van der Waals surface area contributed by atoms with Crippen LogP contribution in [0.1, 0.15) is 10.4 Å². The van der Waals surface area contributed by atoms with Crippen LogP contribution in [0, 0.1) is 13.8 Å². The van der Waals surface area contributed by atoms with E-state index in [4.69, 9.17) is 4.74 Å². The summed E-state index contributed by atoms with van der Waals surface area (Å²) in [5.74, 6) is 1.61.